The van der Waals surface area contributed by atoms with Gasteiger partial charge in [0.05, 0.1) is 18.8 Å². The Bertz CT molecular complexity index is 544. The van der Waals surface area contributed by atoms with Crippen molar-refractivity contribution in [2.75, 3.05) is 55.7 Å². The van der Waals surface area contributed by atoms with Crippen molar-refractivity contribution in [3.63, 3.8) is 0 Å². The number of anilines is 1. The molecule has 1 N–H and O–H groups in total. The Labute approximate surface area is 132 Å². The van der Waals surface area contributed by atoms with E-state index in [-0.39, 0.29) is 11.7 Å². The predicted molar refractivity (Wildman–Crippen MR) is 85.3 cm³/mol. The number of hydrogen-bond donors (Lipinski definition) is 1. The van der Waals surface area contributed by atoms with Crippen LogP contribution >= 0.6 is 0 Å². The maximum absolute atomic E-state index is 14.3. The minimum absolute atomic E-state index is 0.178. The van der Waals surface area contributed by atoms with Crippen LogP contribution in [0.4, 0.5) is 10.1 Å². The van der Waals surface area contributed by atoms with E-state index in [0.29, 0.717) is 35.8 Å². The molecule has 2 fully saturated rings. The Morgan fingerprint density at radius 1 is 1.18 bits per heavy atom. The molecule has 22 heavy (non-hydrogen) atoms. The monoisotopic (exact) mass is 325 g/mol. The van der Waals surface area contributed by atoms with Crippen molar-refractivity contribution in [3.05, 3.63) is 29.6 Å². The summed E-state index contributed by atoms with van der Waals surface area (Å²) in [6, 6.07) is 4.70. The number of piperazine rings is 1. The highest BCUT2D eigenvalue weighted by atomic mass is 32.2. The topological polar surface area (TPSA) is 58.6 Å². The van der Waals surface area contributed by atoms with E-state index in [9.17, 15) is 13.7 Å². The van der Waals surface area contributed by atoms with E-state index in [1.54, 1.807) is 17.0 Å². The number of carbonyl (C=O) groups is 1. The molecular weight excluding hydrogens is 305 g/mol. The Kier molecular flexibility index (Phi) is 4.85. The maximum Gasteiger partial charge on any atom is 0.254 e. The van der Waals surface area contributed by atoms with Gasteiger partial charge in [-0.2, -0.15) is 0 Å². The second-order valence-corrected chi connectivity index (χ2v) is 7.24. The van der Waals surface area contributed by atoms with Gasteiger partial charge in [-0.15, -0.1) is 0 Å². The zero-order chi connectivity index (χ0) is 15.5. The molecule has 1 aromatic carbocycles. The smallest absolute Gasteiger partial charge is 0.254 e. The average Bonchev–Trinajstić information content (AvgIpc) is 2.55. The Hall–Kier alpha value is -1.31. The van der Waals surface area contributed by atoms with Gasteiger partial charge in [-0.05, 0) is 18.2 Å². The van der Waals surface area contributed by atoms with Gasteiger partial charge in [-0.1, -0.05) is 11.2 Å². The lowest BCUT2D eigenvalue weighted by Crippen LogP contribution is -2.44. The molecule has 7 heteroatoms. The summed E-state index contributed by atoms with van der Waals surface area (Å²) in [5.74, 6) is 0.482. The number of nitrogens with one attached hydrogen (secondary N) is 1. The minimum atomic E-state index is -0.826. The van der Waals surface area contributed by atoms with Gasteiger partial charge in [0.15, 0.2) is 0 Å². The first kappa shape index (κ1) is 15.6. The zero-order valence-corrected chi connectivity index (χ0v) is 13.2. The number of carbonyl (C=O) groups excluding carboxylic acids is 1. The largest absolute Gasteiger partial charge is 0.616 e. The molecule has 0 atom stereocenters. The van der Waals surface area contributed by atoms with Crippen molar-refractivity contribution in [2.45, 2.75) is 0 Å². The summed E-state index contributed by atoms with van der Waals surface area (Å²) in [7, 11) is 0. The summed E-state index contributed by atoms with van der Waals surface area (Å²) in [6.45, 7) is 4.17. The van der Waals surface area contributed by atoms with Gasteiger partial charge in [0.25, 0.3) is 5.91 Å². The van der Waals surface area contributed by atoms with Gasteiger partial charge >= 0.3 is 0 Å². The molecule has 2 heterocycles. The lowest BCUT2D eigenvalue weighted by Gasteiger charge is -2.30. The van der Waals surface area contributed by atoms with Gasteiger partial charge in [0, 0.05) is 31.7 Å². The van der Waals surface area contributed by atoms with Crippen LogP contribution in [0.2, 0.25) is 0 Å². The maximum atomic E-state index is 14.3. The number of amides is 1. The SMILES string of the molecule is O=C(c1ccc(N2CCNCC2)c(F)c1)N1CC[S+]([O-])CC1. The molecule has 1 amide bonds. The first-order valence-electron chi connectivity index (χ1n) is 7.54. The fraction of sp³-hybridized carbons (Fsp3) is 0.533. The number of benzene rings is 1. The first-order chi connectivity index (χ1) is 10.6. The molecule has 0 aromatic heterocycles. The van der Waals surface area contributed by atoms with Gasteiger partial charge in [0.2, 0.25) is 0 Å². The van der Waals surface area contributed by atoms with Crippen LogP contribution in [0.15, 0.2) is 18.2 Å². The van der Waals surface area contributed by atoms with Crippen molar-refractivity contribution in [2.24, 2.45) is 0 Å². The summed E-state index contributed by atoms with van der Waals surface area (Å²) in [5, 5.41) is 3.23. The Morgan fingerprint density at radius 2 is 1.86 bits per heavy atom. The quantitative estimate of drug-likeness (QED) is 0.802. The fourth-order valence-electron chi connectivity index (χ4n) is 2.83. The number of nitrogens with zero attached hydrogens (tertiary/aromatic N) is 2. The molecule has 0 saturated carbocycles. The van der Waals surface area contributed by atoms with E-state index in [0.717, 1.165) is 26.2 Å². The zero-order valence-electron chi connectivity index (χ0n) is 12.4. The Morgan fingerprint density at radius 3 is 2.50 bits per heavy atom. The van der Waals surface area contributed by atoms with Gasteiger partial charge in [-0.3, -0.25) is 4.79 Å². The first-order valence-corrected chi connectivity index (χ1v) is 9.03. The molecule has 2 saturated heterocycles. The number of hydrogen-bond acceptors (Lipinski definition) is 4. The van der Waals surface area contributed by atoms with Crippen molar-refractivity contribution in [1.82, 2.24) is 10.2 Å². The third-order valence-electron chi connectivity index (χ3n) is 4.12. The molecule has 0 spiro atoms. The predicted octanol–water partition coefficient (Wildman–Crippen LogP) is 0.440. The lowest BCUT2D eigenvalue weighted by molar-refractivity contribution is 0.0769. The summed E-state index contributed by atoms with van der Waals surface area (Å²) < 4.78 is 25.7. The van der Waals surface area contributed by atoms with Gasteiger partial charge < -0.3 is 19.7 Å². The summed E-state index contributed by atoms with van der Waals surface area (Å²) in [4.78, 5) is 16.0. The second-order valence-electron chi connectivity index (χ2n) is 5.54. The molecule has 5 nitrogen and oxygen atoms in total. The summed E-state index contributed by atoms with van der Waals surface area (Å²) in [5.41, 5.74) is 0.918. The molecular formula is C15H20FN3O2S. The van der Waals surface area contributed by atoms with Crippen LogP contribution in [-0.2, 0) is 11.2 Å². The highest BCUT2D eigenvalue weighted by molar-refractivity contribution is 7.91. The molecule has 2 aliphatic rings. The van der Waals surface area contributed by atoms with Crippen LogP contribution in [0.25, 0.3) is 0 Å². The van der Waals surface area contributed by atoms with Crippen molar-refractivity contribution in [1.29, 1.82) is 0 Å². The van der Waals surface area contributed by atoms with Gasteiger partial charge in [0.1, 0.15) is 17.3 Å². The van der Waals surface area contributed by atoms with E-state index < -0.39 is 11.2 Å². The number of rotatable bonds is 2. The molecule has 0 unspecified atom stereocenters. The molecule has 120 valence electrons. The highest BCUT2D eigenvalue weighted by Gasteiger charge is 2.25. The Balaban J connectivity index is 1.72. The van der Waals surface area contributed by atoms with Crippen LogP contribution in [0, 0.1) is 5.82 Å². The molecule has 1 aromatic rings. The van der Waals surface area contributed by atoms with E-state index in [4.69, 9.17) is 0 Å². The summed E-state index contributed by atoms with van der Waals surface area (Å²) in [6.07, 6.45) is 0. The van der Waals surface area contributed by atoms with Crippen LogP contribution in [0.3, 0.4) is 0 Å². The average molecular weight is 325 g/mol. The second kappa shape index (κ2) is 6.85. The molecule has 0 bridgehead atoms. The molecule has 0 radical (unpaired) electrons. The third-order valence-corrected chi connectivity index (χ3v) is 5.39. The van der Waals surface area contributed by atoms with Crippen molar-refractivity contribution >= 4 is 22.8 Å². The van der Waals surface area contributed by atoms with Gasteiger partial charge in [-0.25, -0.2) is 4.39 Å². The molecule has 3 rings (SSSR count). The third kappa shape index (κ3) is 3.37. The highest BCUT2D eigenvalue weighted by Crippen LogP contribution is 2.22. The van der Waals surface area contributed by atoms with Crippen LogP contribution in [0.1, 0.15) is 10.4 Å². The summed E-state index contributed by atoms with van der Waals surface area (Å²) >= 11 is -0.826. The standard InChI is InChI=1S/C15H20FN3O2S/c16-13-11-12(15(20)19-7-9-22(21)10-8-19)1-2-14(13)18-5-3-17-4-6-18/h1-2,11,17H,3-10H2. The number of halogens is 1. The van der Waals surface area contributed by atoms with Crippen molar-refractivity contribution < 1.29 is 13.7 Å². The van der Waals surface area contributed by atoms with Crippen LogP contribution in [0.5, 0.6) is 0 Å². The van der Waals surface area contributed by atoms with E-state index in [2.05, 4.69) is 5.32 Å². The fourth-order valence-corrected chi connectivity index (χ4v) is 3.88. The van der Waals surface area contributed by atoms with Crippen LogP contribution in [-0.4, -0.2) is 66.1 Å². The van der Waals surface area contributed by atoms with E-state index in [1.807, 2.05) is 4.90 Å². The molecule has 0 aliphatic carbocycles. The molecule has 2 aliphatic heterocycles. The van der Waals surface area contributed by atoms with Crippen LogP contribution < -0.4 is 10.2 Å². The normalized spacial score (nSPS) is 20.3. The van der Waals surface area contributed by atoms with E-state index >= 15 is 0 Å². The van der Waals surface area contributed by atoms with Crippen molar-refractivity contribution in [3.8, 4) is 0 Å². The minimum Gasteiger partial charge on any atom is -0.616 e. The van der Waals surface area contributed by atoms with E-state index in [1.165, 1.54) is 6.07 Å². The lowest BCUT2D eigenvalue weighted by atomic mass is 10.1.